The number of fused-ring (bicyclic) bond motifs is 2. The maximum atomic E-state index is 13.7. The zero-order valence-corrected chi connectivity index (χ0v) is 88.4. The molecule has 4 atom stereocenters. The molecular formula is C103H141F3N20O13S4. The van der Waals surface area contributed by atoms with E-state index in [0.29, 0.717) is 74.6 Å². The number of piperidine rings is 1. The number of halogens is 3. The number of aliphatic hydroxyl groups is 4. The van der Waals surface area contributed by atoms with Crippen LogP contribution in [0.25, 0.3) is 41.8 Å². The second kappa shape index (κ2) is 45.7. The number of ether oxygens (including phenoxy) is 1. The number of nitrogens with zero attached hydrogens (tertiary/aromatic N) is 12. The normalized spacial score (nSPS) is 19.3. The van der Waals surface area contributed by atoms with Crippen LogP contribution in [0.5, 0.6) is 5.75 Å². The Morgan fingerprint density at radius 1 is 0.441 bits per heavy atom. The Hall–Kier alpha value is -10.5. The molecule has 5 saturated heterocycles. The molecule has 9 fully saturated rings. The van der Waals surface area contributed by atoms with Crippen molar-refractivity contribution in [1.82, 2.24) is 80.7 Å². The lowest BCUT2D eigenvalue weighted by Gasteiger charge is -2.28. The Balaban J connectivity index is 0.000000151. The number of hydrogen-bond acceptors (Lipinski definition) is 29. The summed E-state index contributed by atoms with van der Waals surface area (Å²) >= 11 is 4.51. The molecule has 12 N–H and O–H groups in total. The molecule has 8 aromatic heterocycles. The van der Waals surface area contributed by atoms with Crippen LogP contribution in [-0.4, -0.2) is 263 Å². The van der Waals surface area contributed by atoms with E-state index in [0.717, 1.165) is 146 Å². The molecule has 33 nitrogen and oxygen atoms in total. The smallest absolute Gasteiger partial charge is 0.387 e. The average Bonchev–Trinajstić information content (AvgIpc) is 1.61. The number of amides is 8. The van der Waals surface area contributed by atoms with Crippen molar-refractivity contribution in [2.45, 2.75) is 336 Å². The maximum Gasteiger partial charge on any atom is 0.387 e. The van der Waals surface area contributed by atoms with Crippen LogP contribution in [-0.2, 0) is 0 Å². The fourth-order valence-electron chi connectivity index (χ4n) is 18.8. The molecule has 0 aromatic carbocycles. The molecule has 0 radical (unpaired) electrons. The second-order valence-corrected chi connectivity index (χ2v) is 47.1. The highest BCUT2D eigenvalue weighted by atomic mass is 32.1. The van der Waals surface area contributed by atoms with Gasteiger partial charge in [-0.05, 0) is 292 Å². The Kier molecular flexibility index (Phi) is 34.6. The van der Waals surface area contributed by atoms with Crippen molar-refractivity contribution < 1.29 is 76.7 Å². The van der Waals surface area contributed by atoms with E-state index in [-0.39, 0.29) is 159 Å². The third-order valence-corrected chi connectivity index (χ3v) is 32.0. The zero-order valence-electron chi connectivity index (χ0n) is 85.1. The topological polar surface area (TPSA) is 439 Å². The van der Waals surface area contributed by atoms with Crippen LogP contribution in [0.2, 0.25) is 0 Å². The van der Waals surface area contributed by atoms with Crippen molar-refractivity contribution >= 4 is 116 Å². The van der Waals surface area contributed by atoms with Gasteiger partial charge in [0.05, 0.1) is 41.9 Å². The van der Waals surface area contributed by atoms with E-state index in [4.69, 9.17) is 4.74 Å². The maximum absolute atomic E-state index is 13.7. The molecule has 17 rings (SSSR count). The standard InChI is InChI=1S/C26H34F3N5O4S.C26H35N5O3S.C26H37N5O3S.C25H35N5O3S/c1-26(2,37)14-31-22(35)23-33-19(24(36)34-10-8-16(27)9-11-34)20(39-23)15-12-18(38-25(28)29)21(30-13-15)32-17-6-4-3-5-7-17;1-14-11-20(29-15(2)16-5-6-16)27-12-19(14)22-21(25(33)31-17-7-8-18(31)10-9-17)30-24(35-22)23(32)28-13-26(3,4)34;1-15-12-19(30-26(5,6)17-9-10-17)27-13-18(15)21-20(24(33)31-11-7-8-16(31)2)29-23(35-21)22(32)28-14-25(3,4)34;1-14-11-19(28-16(3)17-8-9-17)26-12-18(14)21-20(24(32)30-10-6-7-15(30)2)29-23(34-21)22(31)27-13-25(4,5)33/h12-13,16-17,25,37H,3-11,14H2,1-2H3,(H,30,32)(H,31,35);11-12,15-18,34H,5-10,13H2,1-4H3,(H,27,29)(H,28,32);12-13,16-17,34H,7-11,14H2,1-6H3,(H,27,30)(H,28,32);11-12,15-17,33H,6-10,13H2,1-5H3,(H,26,28)(H,27,31)/t;15-,17?,18?;16-;15-,16-/m.000/s1. The van der Waals surface area contributed by atoms with Gasteiger partial charge in [0.15, 0.2) is 31.6 Å². The lowest BCUT2D eigenvalue weighted by atomic mass is 9.95. The van der Waals surface area contributed by atoms with Gasteiger partial charge >= 0.3 is 6.61 Å². The fourth-order valence-corrected chi connectivity index (χ4v) is 22.9. The molecule has 0 spiro atoms. The number of likely N-dealkylation sites (tertiary alicyclic amines) is 3. The fraction of sp³-hybridized carbons (Fsp3) is 0.612. The molecule has 8 aromatic rings. The summed E-state index contributed by atoms with van der Waals surface area (Å²) in [6, 6.07) is 9.02. The Labute approximate surface area is 851 Å². The quantitative estimate of drug-likeness (QED) is 0.0182. The molecule has 776 valence electrons. The molecule has 4 aliphatic carbocycles. The van der Waals surface area contributed by atoms with Gasteiger partial charge in [0.1, 0.15) is 46.4 Å². The van der Waals surface area contributed by atoms with Gasteiger partial charge in [0.2, 0.25) is 0 Å². The van der Waals surface area contributed by atoms with E-state index in [9.17, 15) is 72.0 Å². The zero-order chi connectivity index (χ0) is 103. The van der Waals surface area contributed by atoms with E-state index < -0.39 is 58.8 Å². The highest BCUT2D eigenvalue weighted by Crippen LogP contribution is 2.47. The predicted molar refractivity (Wildman–Crippen MR) is 551 cm³/mol. The van der Waals surface area contributed by atoms with Crippen molar-refractivity contribution in [1.29, 1.82) is 0 Å². The van der Waals surface area contributed by atoms with E-state index in [2.05, 4.69) is 110 Å². The molecule has 2 bridgehead atoms. The van der Waals surface area contributed by atoms with E-state index in [1.165, 1.54) is 104 Å². The minimum absolute atomic E-state index is 0.0236. The van der Waals surface area contributed by atoms with Crippen LogP contribution in [0.15, 0.2) is 49.1 Å². The number of aryl methyl sites for hydroxylation is 3. The average molecular weight is 2050 g/mol. The predicted octanol–water partition coefficient (Wildman–Crippen LogP) is 16.7. The lowest BCUT2D eigenvalue weighted by molar-refractivity contribution is -0.0496. The first-order valence-electron chi connectivity index (χ1n) is 50.4. The number of carbonyl (C=O) groups excluding carboxylic acids is 8. The summed E-state index contributed by atoms with van der Waals surface area (Å²) in [7, 11) is 0. The summed E-state index contributed by atoms with van der Waals surface area (Å²) in [5.41, 5.74) is 2.17. The van der Waals surface area contributed by atoms with Gasteiger partial charge in [-0.3, -0.25) is 38.4 Å². The molecule has 8 amide bonds. The molecule has 0 unspecified atom stereocenters. The van der Waals surface area contributed by atoms with Crippen molar-refractivity contribution in [3.05, 3.63) is 109 Å². The largest absolute Gasteiger partial charge is 0.431 e. The number of carbonyl (C=O) groups is 8. The van der Waals surface area contributed by atoms with Gasteiger partial charge < -0.3 is 87.3 Å². The molecule has 9 aliphatic rings. The number of anilines is 4. The summed E-state index contributed by atoms with van der Waals surface area (Å²) in [5, 5.41) is 65.0. The number of thiazole rings is 4. The third-order valence-electron chi connectivity index (χ3n) is 27.6. The third kappa shape index (κ3) is 28.6. The first-order chi connectivity index (χ1) is 67.5. The van der Waals surface area contributed by atoms with Crippen LogP contribution in [0.1, 0.15) is 330 Å². The van der Waals surface area contributed by atoms with Gasteiger partial charge in [0.25, 0.3) is 47.3 Å². The van der Waals surface area contributed by atoms with Gasteiger partial charge in [-0.2, -0.15) is 8.78 Å². The summed E-state index contributed by atoms with van der Waals surface area (Å²) in [6.07, 6.45) is 26.6. The molecule has 40 heteroatoms. The van der Waals surface area contributed by atoms with E-state index in [1.807, 2.05) is 67.5 Å². The van der Waals surface area contributed by atoms with E-state index in [1.54, 1.807) is 60.1 Å². The SMILES string of the molecule is CC(C)(O)CNC(=O)c1nc(C(=O)N2CCC(F)CC2)c(-c2cnc(NC3CCCCC3)c(OC(F)F)c2)s1.Cc1cc(NC(C)(C)C2CC2)ncc1-c1sc(C(=O)NCC(C)(C)O)nc1C(=O)N1CCC[C@@H]1C.Cc1cc(N[C@@H](C)C2CC2)ncc1-c1sc(C(=O)NCC(C)(C)O)nc1C(=O)N1C2CCC1CC2.Cc1cc(N[C@@H](C)C2CC2)ncc1-c1sc(C(=O)NCC(C)(C)O)nc1C(=O)N1CCC[C@@H]1C. The Bertz CT molecular complexity index is 5880. The van der Waals surface area contributed by atoms with Gasteiger partial charge in [-0.25, -0.2) is 44.3 Å². The summed E-state index contributed by atoms with van der Waals surface area (Å²) < 4.78 is 45.2. The number of hydrogen-bond donors (Lipinski definition) is 12. The van der Waals surface area contributed by atoms with Crippen molar-refractivity contribution in [3.63, 3.8) is 0 Å². The highest BCUT2D eigenvalue weighted by molar-refractivity contribution is 7.18. The van der Waals surface area contributed by atoms with Crippen molar-refractivity contribution in [2.24, 2.45) is 17.8 Å². The Morgan fingerprint density at radius 3 is 1.17 bits per heavy atom. The second-order valence-electron chi connectivity index (χ2n) is 43.1. The number of rotatable bonds is 33. The molecular weight excluding hydrogens is 1910 g/mol. The van der Waals surface area contributed by atoms with Crippen LogP contribution in [0.4, 0.5) is 36.4 Å². The number of nitrogens with one attached hydrogen (secondary N) is 8. The first kappa shape index (κ1) is 108. The lowest BCUT2D eigenvalue weighted by Crippen LogP contribution is -2.39. The highest BCUT2D eigenvalue weighted by Gasteiger charge is 2.46. The van der Waals surface area contributed by atoms with Gasteiger partial charge in [-0.15, -0.1) is 45.3 Å². The minimum Gasteiger partial charge on any atom is -0.431 e. The number of pyridine rings is 4. The Morgan fingerprint density at radius 2 is 0.811 bits per heavy atom. The number of alkyl halides is 3. The van der Waals surface area contributed by atoms with E-state index >= 15 is 0 Å². The molecule has 4 saturated carbocycles. The first-order valence-corrected chi connectivity index (χ1v) is 53.6. The summed E-state index contributed by atoms with van der Waals surface area (Å²) in [5.74, 6) is 1.85. The van der Waals surface area contributed by atoms with Crippen LogP contribution in [0.3, 0.4) is 0 Å². The summed E-state index contributed by atoms with van der Waals surface area (Å²) in [6.45, 7) is 30.6. The van der Waals surface area contributed by atoms with Gasteiger partial charge in [0, 0.05) is 147 Å². The molecule has 5 aliphatic heterocycles. The van der Waals surface area contributed by atoms with Gasteiger partial charge in [-0.1, -0.05) is 19.3 Å². The van der Waals surface area contributed by atoms with Crippen LogP contribution >= 0.6 is 45.3 Å². The summed E-state index contributed by atoms with van der Waals surface area (Å²) in [4.78, 5) is 151. The van der Waals surface area contributed by atoms with Crippen molar-refractivity contribution in [2.75, 3.05) is 73.6 Å². The monoisotopic (exact) mass is 2050 g/mol. The van der Waals surface area contributed by atoms with Crippen molar-refractivity contribution in [3.8, 4) is 47.5 Å². The van der Waals surface area contributed by atoms with Crippen LogP contribution in [0, 0.1) is 38.5 Å². The molecule has 143 heavy (non-hydrogen) atoms. The van der Waals surface area contributed by atoms with Crippen LogP contribution < -0.4 is 47.3 Å². The molecule has 13 heterocycles. The number of aromatic nitrogens is 8. The minimum atomic E-state index is -3.10.